The topological polar surface area (TPSA) is 46.9 Å². The fraction of sp³-hybridized carbons (Fsp3) is 0.444. The quantitative estimate of drug-likeness (QED) is 0.840. The Balaban J connectivity index is 1.49. The van der Waals surface area contributed by atoms with Gasteiger partial charge in [-0.25, -0.2) is 0 Å². The van der Waals surface area contributed by atoms with Crippen LogP contribution in [0.15, 0.2) is 24.4 Å². The van der Waals surface area contributed by atoms with Crippen LogP contribution < -0.4 is 5.32 Å². The fourth-order valence-corrected chi connectivity index (χ4v) is 12.9. The number of fused-ring (bicyclic) bond motifs is 4. The predicted molar refractivity (Wildman–Crippen MR) is 95.5 cm³/mol. The SMILES string of the molecule is Cn1cc(C(=O)Nc2cccc3c2C2CP4(C)(C)C3C24)c(C(F)F)n1. The molecule has 0 saturated carbocycles. The average Bonchev–Trinajstić information content (AvgIpc) is 2.89. The Kier molecular flexibility index (Phi) is 2.65. The number of anilines is 1. The molecule has 5 rings (SSSR count). The minimum absolute atomic E-state index is 0.0579. The van der Waals surface area contributed by atoms with E-state index in [1.807, 2.05) is 12.1 Å². The van der Waals surface area contributed by atoms with Gasteiger partial charge in [0.15, 0.2) is 0 Å². The molecule has 7 heteroatoms. The third-order valence-electron chi connectivity index (χ3n) is 6.70. The first kappa shape index (κ1) is 15.4. The molecule has 1 aliphatic carbocycles. The molecule has 3 unspecified atom stereocenters. The molecule has 3 aliphatic rings. The van der Waals surface area contributed by atoms with Gasteiger partial charge in [-0.15, -0.1) is 0 Å². The number of amides is 1. The Bertz CT molecular complexity index is 952. The van der Waals surface area contributed by atoms with Crippen LogP contribution in [0.25, 0.3) is 0 Å². The van der Waals surface area contributed by atoms with Crippen LogP contribution in [0.2, 0.25) is 0 Å². The van der Waals surface area contributed by atoms with Crippen molar-refractivity contribution in [2.75, 3.05) is 24.8 Å². The number of aryl methyl sites for hydroxylation is 1. The summed E-state index contributed by atoms with van der Waals surface area (Å²) in [6, 6.07) is 6.03. The molecule has 0 spiro atoms. The molecule has 25 heavy (non-hydrogen) atoms. The fourth-order valence-electron chi connectivity index (χ4n) is 5.69. The normalized spacial score (nSPS) is 30.6. The average molecular weight is 363 g/mol. The zero-order chi connectivity index (χ0) is 17.7. The number of benzene rings is 1. The molecule has 1 aromatic heterocycles. The Morgan fingerprint density at radius 1 is 1.40 bits per heavy atom. The Labute approximate surface area is 144 Å². The maximum atomic E-state index is 13.1. The summed E-state index contributed by atoms with van der Waals surface area (Å²) in [4.78, 5) is 12.6. The van der Waals surface area contributed by atoms with Crippen LogP contribution in [0.4, 0.5) is 14.5 Å². The molecule has 2 saturated heterocycles. The molecule has 4 nitrogen and oxygen atoms in total. The first-order valence-corrected chi connectivity index (χ1v) is 11.9. The number of carbonyl (C=O) groups excluding carboxylic acids is 1. The van der Waals surface area contributed by atoms with Crippen molar-refractivity contribution in [3.8, 4) is 0 Å². The number of rotatable bonds is 3. The molecule has 2 aliphatic heterocycles. The monoisotopic (exact) mass is 363 g/mol. The van der Waals surface area contributed by atoms with E-state index in [9.17, 15) is 13.6 Å². The number of hydrogen-bond acceptors (Lipinski definition) is 2. The van der Waals surface area contributed by atoms with Crippen molar-refractivity contribution in [1.29, 1.82) is 0 Å². The molecule has 0 bridgehead atoms. The van der Waals surface area contributed by atoms with E-state index in [2.05, 4.69) is 29.8 Å². The van der Waals surface area contributed by atoms with Crippen molar-refractivity contribution in [3.63, 3.8) is 0 Å². The Hall–Kier alpha value is -1.81. The van der Waals surface area contributed by atoms with E-state index in [4.69, 9.17) is 0 Å². The molecule has 132 valence electrons. The van der Waals surface area contributed by atoms with Crippen molar-refractivity contribution < 1.29 is 13.6 Å². The van der Waals surface area contributed by atoms with Crippen molar-refractivity contribution >= 4 is 18.2 Å². The third-order valence-corrected chi connectivity index (χ3v) is 12.9. The third kappa shape index (κ3) is 1.74. The van der Waals surface area contributed by atoms with Gasteiger partial charge in [0, 0.05) is 0 Å². The van der Waals surface area contributed by atoms with Crippen LogP contribution in [-0.4, -0.2) is 40.8 Å². The minimum atomic E-state index is -2.77. The maximum absolute atomic E-state index is 13.1. The van der Waals surface area contributed by atoms with E-state index < -0.39 is 24.6 Å². The van der Waals surface area contributed by atoms with Crippen LogP contribution >= 0.6 is 6.60 Å². The summed E-state index contributed by atoms with van der Waals surface area (Å²) in [5.74, 6) is 0.0230. The van der Waals surface area contributed by atoms with Crippen molar-refractivity contribution in [2.24, 2.45) is 7.05 Å². The molecule has 2 fully saturated rings. The van der Waals surface area contributed by atoms with Gasteiger partial charge in [0.05, 0.1) is 0 Å². The molecule has 2 aromatic rings. The molecular formula is C18H20F2N3OP. The number of alkyl halides is 2. The van der Waals surface area contributed by atoms with E-state index >= 15 is 0 Å². The van der Waals surface area contributed by atoms with E-state index in [1.165, 1.54) is 35.2 Å². The van der Waals surface area contributed by atoms with E-state index in [1.54, 1.807) is 0 Å². The second-order valence-electron chi connectivity index (χ2n) is 8.52. The van der Waals surface area contributed by atoms with E-state index in [0.29, 0.717) is 11.6 Å². The number of nitrogens with zero attached hydrogens (tertiary/aromatic N) is 2. The number of carbonyl (C=O) groups is 1. The number of halogens is 2. The van der Waals surface area contributed by atoms with Gasteiger partial charge in [-0.3, -0.25) is 0 Å². The van der Waals surface area contributed by atoms with Gasteiger partial charge in [-0.05, 0) is 0 Å². The second kappa shape index (κ2) is 4.29. The molecule has 0 radical (unpaired) electrons. The van der Waals surface area contributed by atoms with E-state index in [0.717, 1.165) is 11.3 Å². The summed E-state index contributed by atoms with van der Waals surface area (Å²) in [7, 11) is 1.54. The summed E-state index contributed by atoms with van der Waals surface area (Å²) in [6.07, 6.45) is -0.157. The first-order chi connectivity index (χ1) is 11.7. The molecule has 1 N–H and O–H groups in total. The van der Waals surface area contributed by atoms with Crippen molar-refractivity contribution in [2.45, 2.75) is 23.7 Å². The van der Waals surface area contributed by atoms with Crippen LogP contribution in [0.5, 0.6) is 0 Å². The van der Waals surface area contributed by atoms with Gasteiger partial charge in [0.2, 0.25) is 0 Å². The van der Waals surface area contributed by atoms with Gasteiger partial charge < -0.3 is 0 Å². The zero-order valence-corrected chi connectivity index (χ0v) is 15.2. The summed E-state index contributed by atoms with van der Waals surface area (Å²) in [6.45, 7) is 3.51. The zero-order valence-electron chi connectivity index (χ0n) is 14.3. The number of aromatic nitrogens is 2. The second-order valence-corrected chi connectivity index (χ2v) is 15.3. The van der Waals surface area contributed by atoms with Gasteiger partial charge in [-0.2, -0.15) is 0 Å². The van der Waals surface area contributed by atoms with Gasteiger partial charge >= 0.3 is 144 Å². The molecule has 3 heterocycles. The Morgan fingerprint density at radius 3 is 2.88 bits per heavy atom. The number of hydrogen-bond donors (Lipinski definition) is 1. The number of nitrogens with one attached hydrogen (secondary N) is 1. The van der Waals surface area contributed by atoms with Gasteiger partial charge in [-0.1, -0.05) is 0 Å². The summed E-state index contributed by atoms with van der Waals surface area (Å²) in [5.41, 5.74) is 4.35. The molecule has 1 amide bonds. The van der Waals surface area contributed by atoms with Crippen molar-refractivity contribution in [3.05, 3.63) is 46.8 Å². The van der Waals surface area contributed by atoms with Crippen LogP contribution in [0.1, 0.15) is 45.2 Å². The first-order valence-electron chi connectivity index (χ1n) is 8.47. The van der Waals surface area contributed by atoms with Crippen LogP contribution in [0.3, 0.4) is 0 Å². The molecule has 1 aromatic carbocycles. The molecule has 3 atom stereocenters. The van der Waals surface area contributed by atoms with E-state index in [-0.39, 0.29) is 5.56 Å². The standard InChI is InChI=1S/C18H20F2N3OP/c1-23-7-10(14(22-23)17(19)20)18(24)21-12-6-4-5-9-13(12)11-8-25(2,3)15(9)16(11)25/h4-7,11,15-17H,8H2,1-3H3,(H,21,24). The Morgan fingerprint density at radius 2 is 2.16 bits per heavy atom. The van der Waals surface area contributed by atoms with Crippen LogP contribution in [0, 0.1) is 0 Å². The van der Waals surface area contributed by atoms with Gasteiger partial charge in [0.25, 0.3) is 0 Å². The summed E-state index contributed by atoms with van der Waals surface area (Å²) in [5, 5.41) is 6.59. The summed E-state index contributed by atoms with van der Waals surface area (Å²) >= 11 is 0. The van der Waals surface area contributed by atoms with Crippen molar-refractivity contribution in [1.82, 2.24) is 9.78 Å². The van der Waals surface area contributed by atoms with Crippen LogP contribution in [-0.2, 0) is 7.05 Å². The predicted octanol–water partition coefficient (Wildman–Crippen LogP) is 3.96. The summed E-state index contributed by atoms with van der Waals surface area (Å²) < 4.78 is 27.5. The van der Waals surface area contributed by atoms with Gasteiger partial charge in [0.1, 0.15) is 0 Å². The molecular weight excluding hydrogens is 343 g/mol.